The van der Waals surface area contributed by atoms with Crippen LogP contribution in [0.4, 0.5) is 22.7 Å². The van der Waals surface area contributed by atoms with Crippen LogP contribution in [0.3, 0.4) is 0 Å². The van der Waals surface area contributed by atoms with Crippen LogP contribution >= 0.6 is 11.6 Å². The van der Waals surface area contributed by atoms with Crippen molar-refractivity contribution in [2.24, 2.45) is 10.2 Å². The van der Waals surface area contributed by atoms with Crippen molar-refractivity contribution < 1.29 is 0 Å². The van der Waals surface area contributed by atoms with Gasteiger partial charge in [-0.25, -0.2) is 0 Å². The minimum atomic E-state index is 0.476. The van der Waals surface area contributed by atoms with E-state index in [1.807, 2.05) is 0 Å². The third kappa shape index (κ3) is 2.95. The molecule has 0 aliphatic heterocycles. The topological polar surface area (TPSA) is 76.8 Å². The summed E-state index contributed by atoms with van der Waals surface area (Å²) in [6, 6.07) is 12.2. The lowest BCUT2D eigenvalue weighted by Crippen LogP contribution is -1.82. The Hall–Kier alpha value is -2.07. The molecular formula is C12H11ClN4. The van der Waals surface area contributed by atoms with Crippen LogP contribution in [0, 0.1) is 0 Å². The molecule has 0 aliphatic rings. The Morgan fingerprint density at radius 3 is 2.12 bits per heavy atom. The average molecular weight is 247 g/mol. The molecule has 2 rings (SSSR count). The molecule has 0 amide bonds. The lowest BCUT2D eigenvalue weighted by molar-refractivity contribution is 1.23. The molecule has 17 heavy (non-hydrogen) atoms. The largest absolute Gasteiger partial charge is 0.399 e. The first kappa shape index (κ1) is 11.4. The van der Waals surface area contributed by atoms with Crippen molar-refractivity contribution in [1.82, 2.24) is 0 Å². The van der Waals surface area contributed by atoms with Crippen molar-refractivity contribution >= 4 is 34.4 Å². The van der Waals surface area contributed by atoms with E-state index in [9.17, 15) is 0 Å². The van der Waals surface area contributed by atoms with Crippen LogP contribution < -0.4 is 11.5 Å². The second-order valence-electron chi connectivity index (χ2n) is 3.50. The fourth-order valence-corrected chi connectivity index (χ4v) is 1.48. The highest BCUT2D eigenvalue weighted by atomic mass is 35.5. The SMILES string of the molecule is Nc1ccc(N=Nc2ccc(N)cc2Cl)cc1. The Morgan fingerprint density at radius 2 is 1.47 bits per heavy atom. The number of hydrogen-bond donors (Lipinski definition) is 2. The van der Waals surface area contributed by atoms with Crippen molar-refractivity contribution in [2.75, 3.05) is 11.5 Å². The van der Waals surface area contributed by atoms with Crippen LogP contribution in [0.2, 0.25) is 5.02 Å². The molecule has 0 heterocycles. The van der Waals surface area contributed by atoms with Gasteiger partial charge in [-0.15, -0.1) is 5.11 Å². The summed E-state index contributed by atoms with van der Waals surface area (Å²) >= 11 is 5.97. The van der Waals surface area contributed by atoms with Gasteiger partial charge in [-0.05, 0) is 42.5 Å². The molecule has 2 aromatic carbocycles. The molecule has 4 nitrogen and oxygen atoms in total. The smallest absolute Gasteiger partial charge is 0.104 e. The van der Waals surface area contributed by atoms with E-state index in [1.165, 1.54) is 0 Å². The summed E-state index contributed by atoms with van der Waals surface area (Å²) in [5.74, 6) is 0. The highest BCUT2D eigenvalue weighted by molar-refractivity contribution is 6.33. The summed E-state index contributed by atoms with van der Waals surface area (Å²) in [5.41, 5.74) is 13.7. The molecule has 86 valence electrons. The first-order chi connectivity index (χ1) is 8.15. The standard InChI is InChI=1S/C12H11ClN4/c13-11-7-9(15)3-6-12(11)17-16-10-4-1-8(14)2-5-10/h1-7H,14-15H2. The summed E-state index contributed by atoms with van der Waals surface area (Å²) < 4.78 is 0. The number of nitrogens with two attached hydrogens (primary N) is 2. The predicted octanol–water partition coefficient (Wildman–Crippen LogP) is 3.92. The fourth-order valence-electron chi connectivity index (χ4n) is 1.26. The van der Waals surface area contributed by atoms with Crippen molar-refractivity contribution in [3.8, 4) is 0 Å². The second-order valence-corrected chi connectivity index (χ2v) is 3.91. The highest BCUT2D eigenvalue weighted by Crippen LogP contribution is 2.28. The molecule has 0 saturated heterocycles. The van der Waals surface area contributed by atoms with E-state index in [0.29, 0.717) is 27.8 Å². The average Bonchev–Trinajstić information content (AvgIpc) is 2.30. The minimum Gasteiger partial charge on any atom is -0.399 e. The van der Waals surface area contributed by atoms with Gasteiger partial charge in [-0.2, -0.15) is 5.11 Å². The van der Waals surface area contributed by atoms with Gasteiger partial charge in [0.2, 0.25) is 0 Å². The molecule has 0 aromatic heterocycles. The maximum Gasteiger partial charge on any atom is 0.104 e. The lowest BCUT2D eigenvalue weighted by Gasteiger charge is -1.98. The Kier molecular flexibility index (Phi) is 3.25. The fraction of sp³-hybridized carbons (Fsp3) is 0. The third-order valence-corrected chi connectivity index (χ3v) is 2.44. The number of benzene rings is 2. The van der Waals surface area contributed by atoms with Crippen LogP contribution in [-0.4, -0.2) is 0 Å². The molecule has 0 bridgehead atoms. The molecule has 0 aliphatic carbocycles. The molecular weight excluding hydrogens is 236 g/mol. The van der Waals surface area contributed by atoms with Gasteiger partial charge < -0.3 is 11.5 Å². The quantitative estimate of drug-likeness (QED) is 0.622. The summed E-state index contributed by atoms with van der Waals surface area (Å²) in [7, 11) is 0. The van der Waals surface area contributed by atoms with Crippen LogP contribution in [0.15, 0.2) is 52.7 Å². The number of nitrogen functional groups attached to an aromatic ring is 2. The first-order valence-corrected chi connectivity index (χ1v) is 5.35. The summed E-state index contributed by atoms with van der Waals surface area (Å²) in [6.07, 6.45) is 0. The van der Waals surface area contributed by atoms with E-state index in [-0.39, 0.29) is 0 Å². The third-order valence-electron chi connectivity index (χ3n) is 2.14. The maximum absolute atomic E-state index is 5.97. The van der Waals surface area contributed by atoms with Crippen LogP contribution in [0.5, 0.6) is 0 Å². The van der Waals surface area contributed by atoms with Gasteiger partial charge in [0, 0.05) is 11.4 Å². The monoisotopic (exact) mass is 246 g/mol. The van der Waals surface area contributed by atoms with Gasteiger partial charge >= 0.3 is 0 Å². The zero-order valence-electron chi connectivity index (χ0n) is 8.97. The summed E-state index contributed by atoms with van der Waals surface area (Å²) in [5, 5.41) is 8.57. The molecule has 2 aromatic rings. The summed E-state index contributed by atoms with van der Waals surface area (Å²) in [6.45, 7) is 0. The predicted molar refractivity (Wildman–Crippen MR) is 70.9 cm³/mol. The lowest BCUT2D eigenvalue weighted by atomic mass is 10.3. The normalized spacial score (nSPS) is 10.9. The molecule has 0 radical (unpaired) electrons. The van der Waals surface area contributed by atoms with Gasteiger partial charge in [-0.1, -0.05) is 11.6 Å². The van der Waals surface area contributed by atoms with Crippen LogP contribution in [-0.2, 0) is 0 Å². The molecule has 4 N–H and O–H groups in total. The zero-order valence-corrected chi connectivity index (χ0v) is 9.72. The van der Waals surface area contributed by atoms with Crippen molar-refractivity contribution in [1.29, 1.82) is 0 Å². The van der Waals surface area contributed by atoms with Gasteiger partial charge in [0.05, 0.1) is 10.7 Å². The molecule has 0 fully saturated rings. The van der Waals surface area contributed by atoms with Crippen LogP contribution in [0.25, 0.3) is 0 Å². The van der Waals surface area contributed by atoms with Gasteiger partial charge in [0.1, 0.15) is 5.69 Å². The zero-order chi connectivity index (χ0) is 12.3. The number of anilines is 2. The number of halogens is 1. The van der Waals surface area contributed by atoms with E-state index in [4.69, 9.17) is 23.1 Å². The molecule has 0 spiro atoms. The first-order valence-electron chi connectivity index (χ1n) is 4.97. The maximum atomic E-state index is 5.97. The Labute approximate surface area is 104 Å². The summed E-state index contributed by atoms with van der Waals surface area (Å²) in [4.78, 5) is 0. The van der Waals surface area contributed by atoms with Crippen molar-refractivity contribution in [3.63, 3.8) is 0 Å². The highest BCUT2D eigenvalue weighted by Gasteiger charge is 1.98. The van der Waals surface area contributed by atoms with E-state index in [0.717, 1.165) is 0 Å². The van der Waals surface area contributed by atoms with E-state index < -0.39 is 0 Å². The number of hydrogen-bond acceptors (Lipinski definition) is 4. The Bertz CT molecular complexity index is 549. The number of azo groups is 1. The molecule has 5 heteroatoms. The van der Waals surface area contributed by atoms with Gasteiger partial charge in [0.15, 0.2) is 0 Å². The van der Waals surface area contributed by atoms with Crippen molar-refractivity contribution in [3.05, 3.63) is 47.5 Å². The number of rotatable bonds is 2. The van der Waals surface area contributed by atoms with Crippen molar-refractivity contribution in [2.45, 2.75) is 0 Å². The molecule has 0 saturated carbocycles. The molecule has 0 atom stereocenters. The Balaban J connectivity index is 2.23. The van der Waals surface area contributed by atoms with Gasteiger partial charge in [0.25, 0.3) is 0 Å². The Morgan fingerprint density at radius 1 is 0.824 bits per heavy atom. The van der Waals surface area contributed by atoms with E-state index in [2.05, 4.69) is 10.2 Å². The van der Waals surface area contributed by atoms with Gasteiger partial charge in [-0.3, -0.25) is 0 Å². The minimum absolute atomic E-state index is 0.476. The number of nitrogens with zero attached hydrogens (tertiary/aromatic N) is 2. The van der Waals surface area contributed by atoms with E-state index >= 15 is 0 Å². The van der Waals surface area contributed by atoms with E-state index in [1.54, 1.807) is 42.5 Å². The van der Waals surface area contributed by atoms with Crippen LogP contribution in [0.1, 0.15) is 0 Å². The molecule has 0 unspecified atom stereocenters. The second kappa shape index (κ2) is 4.84.